The average molecular weight is 325 g/mol. The molecule has 3 N–H and O–H groups in total. The lowest BCUT2D eigenvalue weighted by atomic mass is 9.86. The highest BCUT2D eigenvalue weighted by Crippen LogP contribution is 2.49. The molecule has 2 aliphatic carbocycles. The van der Waals surface area contributed by atoms with Gasteiger partial charge in [-0.3, -0.25) is 9.89 Å². The fourth-order valence-electron chi connectivity index (χ4n) is 4.60. The van der Waals surface area contributed by atoms with Gasteiger partial charge in [0, 0.05) is 37.3 Å². The Kier molecular flexibility index (Phi) is 4.73. The van der Waals surface area contributed by atoms with Gasteiger partial charge in [0.1, 0.15) is 0 Å². The molecule has 6 heteroatoms. The third kappa shape index (κ3) is 2.88. The van der Waals surface area contributed by atoms with Crippen molar-refractivity contribution >= 4 is 18.3 Å². The summed E-state index contributed by atoms with van der Waals surface area (Å²) in [5, 5.41) is 13.6. The number of halogens is 1. The first kappa shape index (κ1) is 15.8. The summed E-state index contributed by atoms with van der Waals surface area (Å²) in [7, 11) is 0. The standard InChI is InChI=1S/C16H24N4O.ClH/c21-16(15-13-9-17-5-4-14(13)19-20-15)18-6-3-12-8-10-1-2-11(12)7-10;/h10-12,17H,1-9H2,(H,18,21)(H,19,20);1H. The van der Waals surface area contributed by atoms with Crippen molar-refractivity contribution in [3.63, 3.8) is 0 Å². The van der Waals surface area contributed by atoms with Gasteiger partial charge in [-0.2, -0.15) is 5.10 Å². The minimum absolute atomic E-state index is 0. The second-order valence-corrected chi connectivity index (χ2v) is 6.94. The molecule has 4 rings (SSSR count). The maximum Gasteiger partial charge on any atom is 0.272 e. The summed E-state index contributed by atoms with van der Waals surface area (Å²) >= 11 is 0. The highest BCUT2D eigenvalue weighted by molar-refractivity contribution is 5.94. The first-order valence-electron chi connectivity index (χ1n) is 8.36. The van der Waals surface area contributed by atoms with Crippen LogP contribution in [0.25, 0.3) is 0 Å². The van der Waals surface area contributed by atoms with E-state index in [2.05, 4.69) is 20.8 Å². The van der Waals surface area contributed by atoms with Gasteiger partial charge in [-0.05, 0) is 43.4 Å². The minimum atomic E-state index is -0.0145. The smallest absolute Gasteiger partial charge is 0.272 e. The van der Waals surface area contributed by atoms with E-state index in [9.17, 15) is 4.79 Å². The van der Waals surface area contributed by atoms with Crippen LogP contribution >= 0.6 is 12.4 Å². The van der Waals surface area contributed by atoms with Gasteiger partial charge < -0.3 is 10.6 Å². The van der Waals surface area contributed by atoms with Crippen LogP contribution in [-0.2, 0) is 13.0 Å². The number of aromatic amines is 1. The zero-order valence-electron chi connectivity index (χ0n) is 12.9. The van der Waals surface area contributed by atoms with Crippen LogP contribution in [-0.4, -0.2) is 29.2 Å². The van der Waals surface area contributed by atoms with Crippen molar-refractivity contribution in [2.24, 2.45) is 17.8 Å². The van der Waals surface area contributed by atoms with E-state index in [1.54, 1.807) is 0 Å². The fourth-order valence-corrected chi connectivity index (χ4v) is 4.60. The van der Waals surface area contributed by atoms with Gasteiger partial charge in [-0.25, -0.2) is 0 Å². The van der Waals surface area contributed by atoms with Crippen molar-refractivity contribution in [3.8, 4) is 0 Å². The van der Waals surface area contributed by atoms with Crippen molar-refractivity contribution in [2.75, 3.05) is 13.1 Å². The largest absolute Gasteiger partial charge is 0.351 e. The average Bonchev–Trinajstić information content (AvgIpc) is 3.21. The Morgan fingerprint density at radius 3 is 3.00 bits per heavy atom. The molecule has 0 aromatic carbocycles. The Balaban J connectivity index is 0.00000144. The van der Waals surface area contributed by atoms with E-state index in [-0.39, 0.29) is 18.3 Å². The second kappa shape index (κ2) is 6.59. The molecule has 122 valence electrons. The van der Waals surface area contributed by atoms with Crippen LogP contribution in [0.5, 0.6) is 0 Å². The highest BCUT2D eigenvalue weighted by atomic mass is 35.5. The van der Waals surface area contributed by atoms with Crippen LogP contribution in [0.15, 0.2) is 0 Å². The van der Waals surface area contributed by atoms with E-state index >= 15 is 0 Å². The van der Waals surface area contributed by atoms with E-state index in [0.29, 0.717) is 5.69 Å². The molecule has 3 aliphatic rings. The first-order valence-corrected chi connectivity index (χ1v) is 8.36. The summed E-state index contributed by atoms with van der Waals surface area (Å²) in [5.41, 5.74) is 2.76. The molecule has 1 amide bonds. The zero-order chi connectivity index (χ0) is 14.2. The van der Waals surface area contributed by atoms with Gasteiger partial charge in [0.05, 0.1) is 0 Å². The third-order valence-corrected chi connectivity index (χ3v) is 5.71. The van der Waals surface area contributed by atoms with Crippen molar-refractivity contribution in [2.45, 2.75) is 45.1 Å². The lowest BCUT2D eigenvalue weighted by Gasteiger charge is -2.21. The Labute approximate surface area is 137 Å². The molecule has 0 radical (unpaired) electrons. The Morgan fingerprint density at radius 2 is 2.23 bits per heavy atom. The number of rotatable bonds is 4. The Morgan fingerprint density at radius 1 is 1.32 bits per heavy atom. The monoisotopic (exact) mass is 324 g/mol. The van der Waals surface area contributed by atoms with Gasteiger partial charge in [-0.15, -0.1) is 12.4 Å². The number of carbonyl (C=O) groups is 1. The lowest BCUT2D eigenvalue weighted by molar-refractivity contribution is 0.0943. The number of hydrogen-bond acceptors (Lipinski definition) is 3. The van der Waals surface area contributed by atoms with E-state index in [1.165, 1.54) is 25.7 Å². The summed E-state index contributed by atoms with van der Waals surface area (Å²) in [6, 6.07) is 0. The predicted molar refractivity (Wildman–Crippen MR) is 87.1 cm³/mol. The summed E-state index contributed by atoms with van der Waals surface area (Å²) in [6.45, 7) is 2.50. The number of aromatic nitrogens is 2. The number of hydrogen-bond donors (Lipinski definition) is 3. The molecule has 3 atom stereocenters. The van der Waals surface area contributed by atoms with Crippen LogP contribution in [0.4, 0.5) is 0 Å². The number of nitrogens with zero attached hydrogens (tertiary/aromatic N) is 1. The van der Waals surface area contributed by atoms with Gasteiger partial charge in [0.2, 0.25) is 0 Å². The lowest BCUT2D eigenvalue weighted by Crippen LogP contribution is -2.30. The molecule has 22 heavy (non-hydrogen) atoms. The number of nitrogens with one attached hydrogen (secondary N) is 3. The molecule has 2 heterocycles. The van der Waals surface area contributed by atoms with Gasteiger partial charge >= 0.3 is 0 Å². The van der Waals surface area contributed by atoms with E-state index in [0.717, 1.165) is 61.5 Å². The predicted octanol–water partition coefficient (Wildman–Crippen LogP) is 2.03. The number of amides is 1. The van der Waals surface area contributed by atoms with Crippen LogP contribution < -0.4 is 10.6 Å². The van der Waals surface area contributed by atoms with Crippen molar-refractivity contribution in [3.05, 3.63) is 17.0 Å². The van der Waals surface area contributed by atoms with E-state index < -0.39 is 0 Å². The molecular formula is C16H25ClN4O. The topological polar surface area (TPSA) is 69.8 Å². The zero-order valence-corrected chi connectivity index (χ0v) is 13.7. The molecule has 1 aromatic heterocycles. The van der Waals surface area contributed by atoms with Crippen LogP contribution in [0.2, 0.25) is 0 Å². The van der Waals surface area contributed by atoms with E-state index in [4.69, 9.17) is 0 Å². The summed E-state index contributed by atoms with van der Waals surface area (Å²) < 4.78 is 0. The van der Waals surface area contributed by atoms with Gasteiger partial charge in [0.25, 0.3) is 5.91 Å². The van der Waals surface area contributed by atoms with Crippen LogP contribution in [0.3, 0.4) is 0 Å². The van der Waals surface area contributed by atoms with Crippen molar-refractivity contribution in [1.82, 2.24) is 20.8 Å². The molecule has 0 spiro atoms. The van der Waals surface area contributed by atoms with Crippen molar-refractivity contribution < 1.29 is 4.79 Å². The van der Waals surface area contributed by atoms with Gasteiger partial charge in [-0.1, -0.05) is 6.42 Å². The molecule has 3 unspecified atom stereocenters. The molecule has 1 aliphatic heterocycles. The van der Waals surface area contributed by atoms with Crippen LogP contribution in [0, 0.1) is 17.8 Å². The van der Waals surface area contributed by atoms with Crippen LogP contribution in [0.1, 0.15) is 53.8 Å². The summed E-state index contributed by atoms with van der Waals surface area (Å²) in [5.74, 6) is 2.76. The normalized spacial score (nSPS) is 29.0. The Bertz CT molecular complexity index is 544. The minimum Gasteiger partial charge on any atom is -0.351 e. The Hall–Kier alpha value is -1.07. The van der Waals surface area contributed by atoms with Crippen molar-refractivity contribution in [1.29, 1.82) is 0 Å². The SMILES string of the molecule is Cl.O=C(NCCC1CC2CCC1C2)c1n[nH]c2c1CNCC2. The number of carbonyl (C=O) groups excluding carboxylic acids is 1. The third-order valence-electron chi connectivity index (χ3n) is 5.71. The fraction of sp³-hybridized carbons (Fsp3) is 0.750. The molecule has 2 fully saturated rings. The molecular weight excluding hydrogens is 300 g/mol. The first-order chi connectivity index (χ1) is 10.3. The highest BCUT2D eigenvalue weighted by Gasteiger charge is 2.38. The molecule has 2 saturated carbocycles. The quantitative estimate of drug-likeness (QED) is 0.793. The maximum atomic E-state index is 12.3. The molecule has 5 nitrogen and oxygen atoms in total. The second-order valence-electron chi connectivity index (χ2n) is 6.94. The maximum absolute atomic E-state index is 12.3. The molecule has 0 saturated heterocycles. The number of H-pyrrole nitrogens is 1. The molecule has 2 bridgehead atoms. The van der Waals surface area contributed by atoms with Gasteiger partial charge in [0.15, 0.2) is 5.69 Å². The van der Waals surface area contributed by atoms with E-state index in [1.807, 2.05) is 0 Å². The summed E-state index contributed by atoms with van der Waals surface area (Å²) in [4.78, 5) is 12.3. The number of fused-ring (bicyclic) bond motifs is 3. The molecule has 1 aromatic rings. The summed E-state index contributed by atoms with van der Waals surface area (Å²) in [6.07, 6.45) is 7.76.